The third kappa shape index (κ3) is 4.95. The van der Waals surface area contributed by atoms with Crippen LogP contribution in [-0.4, -0.2) is 70.0 Å². The van der Waals surface area contributed by atoms with E-state index in [1.165, 1.54) is 5.56 Å². The Labute approximate surface area is 210 Å². The summed E-state index contributed by atoms with van der Waals surface area (Å²) in [5.41, 5.74) is 9.92. The van der Waals surface area contributed by atoms with Crippen molar-refractivity contribution in [1.82, 2.24) is 24.3 Å². The Balaban J connectivity index is 1.61. The predicted octanol–water partition coefficient (Wildman–Crippen LogP) is 3.46. The second-order valence-electron chi connectivity index (χ2n) is 8.96. The van der Waals surface area contributed by atoms with Gasteiger partial charge < -0.3 is 18.9 Å². The van der Waals surface area contributed by atoms with Gasteiger partial charge in [-0.2, -0.15) is 10.2 Å². The number of rotatable bonds is 8. The minimum Gasteiger partial charge on any atom is -0.383 e. The number of anilines is 2. The normalized spacial score (nSPS) is 14.6. The second-order valence-corrected chi connectivity index (χ2v) is 8.96. The summed E-state index contributed by atoms with van der Waals surface area (Å²) in [5, 5.41) is 9.01. The molecule has 0 amide bonds. The molecule has 10 nitrogen and oxygen atoms in total. The van der Waals surface area contributed by atoms with Crippen LogP contribution in [0.3, 0.4) is 0 Å². The summed E-state index contributed by atoms with van der Waals surface area (Å²) < 4.78 is 14.9. The minimum absolute atomic E-state index is 0.537. The van der Waals surface area contributed by atoms with E-state index in [0.717, 1.165) is 52.6 Å². The number of imidazole rings is 1. The fourth-order valence-electron chi connectivity index (χ4n) is 4.40. The van der Waals surface area contributed by atoms with Gasteiger partial charge in [0.25, 0.3) is 0 Å². The van der Waals surface area contributed by atoms with Crippen LogP contribution in [0.4, 0.5) is 11.5 Å². The highest BCUT2D eigenvalue weighted by molar-refractivity contribution is 5.99. The maximum atomic E-state index is 5.61. The van der Waals surface area contributed by atoms with E-state index in [1.807, 2.05) is 38.5 Å². The summed E-state index contributed by atoms with van der Waals surface area (Å²) in [5.74, 6) is 1.47. The van der Waals surface area contributed by atoms with Crippen molar-refractivity contribution in [2.75, 3.05) is 50.3 Å². The number of benzene rings is 1. The number of aromatic nitrogens is 5. The van der Waals surface area contributed by atoms with Crippen LogP contribution in [0.15, 0.2) is 47.8 Å². The highest BCUT2D eigenvalue weighted by Crippen LogP contribution is 2.33. The highest BCUT2D eigenvalue weighted by Gasteiger charge is 2.23. The van der Waals surface area contributed by atoms with Crippen molar-refractivity contribution in [3.63, 3.8) is 0 Å². The first-order chi connectivity index (χ1) is 17.5. The van der Waals surface area contributed by atoms with Crippen LogP contribution < -0.4 is 10.3 Å². The van der Waals surface area contributed by atoms with Gasteiger partial charge in [0, 0.05) is 46.1 Å². The molecule has 3 aromatic heterocycles. The molecule has 10 heteroatoms. The number of morpholine rings is 1. The number of fused-ring (bicyclic) bond motifs is 1. The molecule has 0 aliphatic carbocycles. The number of hydrogen-bond donors (Lipinski definition) is 1. The smallest absolute Gasteiger partial charge is 0.164 e. The Bertz CT molecular complexity index is 1380. The molecule has 0 bridgehead atoms. The summed E-state index contributed by atoms with van der Waals surface area (Å²) >= 11 is 0. The summed E-state index contributed by atoms with van der Waals surface area (Å²) in [4.78, 5) is 12.3. The molecular weight excluding hydrogens is 456 g/mol. The van der Waals surface area contributed by atoms with Crippen LogP contribution in [0.5, 0.6) is 0 Å². The zero-order chi connectivity index (χ0) is 25.1. The number of ether oxygens (including phenoxy) is 2. The van der Waals surface area contributed by atoms with Gasteiger partial charge in [-0.25, -0.2) is 9.97 Å². The van der Waals surface area contributed by atoms with Crippen molar-refractivity contribution in [2.24, 2.45) is 12.1 Å². The Morgan fingerprint density at radius 1 is 1.19 bits per heavy atom. The number of nitrogens with zero attached hydrogens (tertiary/aromatic N) is 7. The fraction of sp³-hybridized carbons (Fsp3) is 0.385. The number of pyridine rings is 1. The first kappa shape index (κ1) is 24.0. The lowest BCUT2D eigenvalue weighted by Gasteiger charge is -2.29. The molecule has 4 heterocycles. The third-order valence-corrected chi connectivity index (χ3v) is 6.29. The molecule has 0 unspecified atom stereocenters. The van der Waals surface area contributed by atoms with Gasteiger partial charge in [-0.15, -0.1) is 0 Å². The zero-order valence-electron chi connectivity index (χ0n) is 21.2. The third-order valence-electron chi connectivity index (χ3n) is 6.29. The molecular formula is C26H32N8O2. The molecule has 0 radical (unpaired) electrons. The lowest BCUT2D eigenvalue weighted by molar-refractivity contribution is 0.123. The van der Waals surface area contributed by atoms with E-state index >= 15 is 0 Å². The van der Waals surface area contributed by atoms with E-state index in [1.54, 1.807) is 11.8 Å². The largest absolute Gasteiger partial charge is 0.383 e. The molecule has 188 valence electrons. The van der Waals surface area contributed by atoms with Crippen molar-refractivity contribution >= 4 is 28.4 Å². The Hall–Kier alpha value is -3.76. The van der Waals surface area contributed by atoms with Crippen LogP contribution in [-0.2, 0) is 23.1 Å². The average molecular weight is 489 g/mol. The van der Waals surface area contributed by atoms with Gasteiger partial charge in [-0.1, -0.05) is 29.8 Å². The van der Waals surface area contributed by atoms with Crippen LogP contribution in [0.1, 0.15) is 18.1 Å². The minimum atomic E-state index is 0.537. The predicted molar refractivity (Wildman–Crippen MR) is 142 cm³/mol. The Kier molecular flexibility index (Phi) is 6.97. The topological polar surface area (TPSA) is 94.6 Å². The first-order valence-corrected chi connectivity index (χ1v) is 12.1. The van der Waals surface area contributed by atoms with E-state index in [4.69, 9.17) is 19.4 Å². The zero-order valence-corrected chi connectivity index (χ0v) is 21.2. The van der Waals surface area contributed by atoms with Crippen LogP contribution in [0.2, 0.25) is 0 Å². The van der Waals surface area contributed by atoms with E-state index in [9.17, 15) is 0 Å². The second kappa shape index (κ2) is 10.5. The molecule has 1 N–H and O–H groups in total. The monoisotopic (exact) mass is 488 g/mol. The quantitative estimate of drug-likeness (QED) is 0.300. The van der Waals surface area contributed by atoms with Crippen molar-refractivity contribution in [1.29, 1.82) is 0 Å². The van der Waals surface area contributed by atoms with E-state index in [2.05, 4.69) is 50.2 Å². The summed E-state index contributed by atoms with van der Waals surface area (Å²) in [6.45, 7) is 8.15. The van der Waals surface area contributed by atoms with Gasteiger partial charge in [0.1, 0.15) is 11.3 Å². The highest BCUT2D eigenvalue weighted by atomic mass is 16.5. The van der Waals surface area contributed by atoms with Gasteiger partial charge in [-0.3, -0.25) is 10.1 Å². The van der Waals surface area contributed by atoms with Gasteiger partial charge in [0.15, 0.2) is 11.5 Å². The molecule has 36 heavy (non-hydrogen) atoms. The van der Waals surface area contributed by atoms with Crippen LogP contribution >= 0.6 is 0 Å². The molecule has 0 spiro atoms. The first-order valence-electron chi connectivity index (χ1n) is 12.1. The number of nitrogens with one attached hydrogen (secondary N) is 1. The number of hydrogen-bond acceptors (Lipinski definition) is 8. The van der Waals surface area contributed by atoms with Crippen molar-refractivity contribution < 1.29 is 9.47 Å². The Morgan fingerprint density at radius 3 is 2.75 bits per heavy atom. The van der Waals surface area contributed by atoms with Crippen LogP contribution in [0, 0.1) is 6.92 Å². The molecule has 1 fully saturated rings. The van der Waals surface area contributed by atoms with E-state index < -0.39 is 0 Å². The summed E-state index contributed by atoms with van der Waals surface area (Å²) in [6.07, 6.45) is 3.79. The maximum Gasteiger partial charge on any atom is 0.164 e. The molecule has 0 saturated carbocycles. The van der Waals surface area contributed by atoms with Crippen LogP contribution in [0.25, 0.3) is 22.6 Å². The molecule has 1 aliphatic heterocycles. The maximum absolute atomic E-state index is 5.61. The van der Waals surface area contributed by atoms with E-state index in [-0.39, 0.29) is 0 Å². The lowest BCUT2D eigenvalue weighted by atomic mass is 10.1. The molecule has 5 rings (SSSR count). The molecule has 1 aromatic carbocycles. The SMILES string of the molecule is COCCn1c(-c2cnn(C)c2)nc2c(N3CCOCC3)cc(NN=C(C)c3cccc(C)c3)nc21. The van der Waals surface area contributed by atoms with Gasteiger partial charge in [-0.05, 0) is 19.4 Å². The van der Waals surface area contributed by atoms with Gasteiger partial charge in [0.05, 0.1) is 43.0 Å². The van der Waals surface area contributed by atoms with Crippen molar-refractivity contribution in [2.45, 2.75) is 20.4 Å². The van der Waals surface area contributed by atoms with E-state index in [0.29, 0.717) is 32.2 Å². The van der Waals surface area contributed by atoms with Crippen molar-refractivity contribution in [3.05, 3.63) is 53.9 Å². The summed E-state index contributed by atoms with van der Waals surface area (Å²) in [6, 6.07) is 10.3. The van der Waals surface area contributed by atoms with Gasteiger partial charge >= 0.3 is 0 Å². The summed E-state index contributed by atoms with van der Waals surface area (Å²) in [7, 11) is 3.60. The molecule has 4 aromatic rings. The average Bonchev–Trinajstić information content (AvgIpc) is 3.49. The molecule has 1 saturated heterocycles. The standard InChI is InChI=1S/C26H32N8O2/c1-18-6-5-7-20(14-18)19(2)30-31-23-15-22(33-8-12-36-13-9-33)24-26(28-23)34(10-11-35-4)25(29-24)21-16-27-32(3)17-21/h5-7,14-17H,8-13H2,1-4H3,(H,28,31). The number of aryl methyl sites for hydroxylation is 2. The fourth-order valence-corrected chi connectivity index (χ4v) is 4.40. The molecule has 1 aliphatic rings. The molecule has 0 atom stereocenters. The lowest BCUT2D eigenvalue weighted by Crippen LogP contribution is -2.36. The van der Waals surface area contributed by atoms with Gasteiger partial charge in [0.2, 0.25) is 0 Å². The van der Waals surface area contributed by atoms with Crippen molar-refractivity contribution in [3.8, 4) is 11.4 Å². The number of methoxy groups -OCH3 is 1. The number of hydrazone groups is 1. The Morgan fingerprint density at radius 2 is 2.03 bits per heavy atom.